The molecule has 126 valence electrons. The van der Waals surface area contributed by atoms with Crippen molar-refractivity contribution in [2.24, 2.45) is 0 Å². The number of nitrogens with zero attached hydrogens (tertiary/aromatic N) is 2. The zero-order valence-electron chi connectivity index (χ0n) is 13.2. The van der Waals surface area contributed by atoms with Gasteiger partial charge in [0.1, 0.15) is 5.15 Å². The van der Waals surface area contributed by atoms with Crippen LogP contribution in [0.3, 0.4) is 0 Å². The number of allylic oxidation sites excluding steroid dienone is 1. The van der Waals surface area contributed by atoms with E-state index in [2.05, 4.69) is 5.10 Å². The Morgan fingerprint density at radius 1 is 1.04 bits per heavy atom. The first-order chi connectivity index (χ1) is 12.0. The molecule has 0 unspecified atom stereocenters. The van der Waals surface area contributed by atoms with Crippen LogP contribution in [0.4, 0.5) is 0 Å². The fraction of sp³-hybridized carbons (Fsp3) is 0.0526. The van der Waals surface area contributed by atoms with Crippen LogP contribution in [0.1, 0.15) is 21.6 Å². The molecule has 0 saturated carbocycles. The molecule has 3 aromatic rings. The number of carbonyl (C=O) groups is 1. The van der Waals surface area contributed by atoms with E-state index in [1.165, 1.54) is 6.08 Å². The van der Waals surface area contributed by atoms with Crippen molar-refractivity contribution in [2.45, 2.75) is 6.92 Å². The Kier molecular flexibility index (Phi) is 5.28. The number of aromatic nitrogens is 2. The predicted octanol–water partition coefficient (Wildman–Crippen LogP) is 6.04. The smallest absolute Gasteiger partial charge is 0.185 e. The summed E-state index contributed by atoms with van der Waals surface area (Å²) in [4.78, 5) is 12.3. The molecular weight excluding hydrogens is 379 g/mol. The number of benzene rings is 2. The standard InChI is InChI=1S/C19H13Cl3N2O/c1-12-17(8-9-18(25)13-4-2-5-14(20)10-13)19(22)24(23-12)16-7-3-6-15(21)11-16/h2-11H,1H3/b9-8+. The summed E-state index contributed by atoms with van der Waals surface area (Å²) in [5, 5.41) is 5.95. The molecule has 6 heteroatoms. The van der Waals surface area contributed by atoms with Crippen LogP contribution in [0.25, 0.3) is 11.8 Å². The second-order valence-electron chi connectivity index (χ2n) is 5.39. The van der Waals surface area contributed by atoms with Gasteiger partial charge in [0.05, 0.1) is 11.4 Å². The van der Waals surface area contributed by atoms with Crippen molar-refractivity contribution >= 4 is 46.7 Å². The monoisotopic (exact) mass is 390 g/mol. The molecule has 0 radical (unpaired) electrons. The van der Waals surface area contributed by atoms with E-state index in [0.29, 0.717) is 32.0 Å². The zero-order chi connectivity index (χ0) is 18.0. The second kappa shape index (κ2) is 7.44. The van der Waals surface area contributed by atoms with Crippen LogP contribution in [0, 0.1) is 6.92 Å². The second-order valence-corrected chi connectivity index (χ2v) is 6.62. The van der Waals surface area contributed by atoms with Crippen molar-refractivity contribution in [3.8, 4) is 5.69 Å². The lowest BCUT2D eigenvalue weighted by molar-refractivity contribution is 0.104. The van der Waals surface area contributed by atoms with Crippen LogP contribution in [-0.4, -0.2) is 15.6 Å². The number of carbonyl (C=O) groups excluding carboxylic acids is 1. The highest BCUT2D eigenvalue weighted by Crippen LogP contribution is 2.26. The van der Waals surface area contributed by atoms with Crippen molar-refractivity contribution in [3.63, 3.8) is 0 Å². The number of halogens is 3. The summed E-state index contributed by atoms with van der Waals surface area (Å²) in [5.74, 6) is -0.159. The Labute approximate surface area is 160 Å². The van der Waals surface area contributed by atoms with Gasteiger partial charge in [0.25, 0.3) is 0 Å². The lowest BCUT2D eigenvalue weighted by atomic mass is 10.1. The molecule has 3 rings (SSSR count). The summed E-state index contributed by atoms with van der Waals surface area (Å²) in [5.41, 5.74) is 2.65. The first-order valence-electron chi connectivity index (χ1n) is 7.45. The molecule has 0 spiro atoms. The van der Waals surface area contributed by atoms with Crippen LogP contribution in [0.5, 0.6) is 0 Å². The molecule has 0 aliphatic rings. The van der Waals surface area contributed by atoms with E-state index in [1.54, 1.807) is 47.2 Å². The van der Waals surface area contributed by atoms with Gasteiger partial charge >= 0.3 is 0 Å². The van der Waals surface area contributed by atoms with E-state index >= 15 is 0 Å². The van der Waals surface area contributed by atoms with Crippen molar-refractivity contribution in [1.82, 2.24) is 9.78 Å². The van der Waals surface area contributed by atoms with Gasteiger partial charge in [0.2, 0.25) is 0 Å². The van der Waals surface area contributed by atoms with Crippen molar-refractivity contribution in [1.29, 1.82) is 0 Å². The summed E-state index contributed by atoms with van der Waals surface area (Å²) in [6.07, 6.45) is 3.12. The van der Waals surface area contributed by atoms with Gasteiger partial charge in [-0.25, -0.2) is 4.68 Å². The average molecular weight is 392 g/mol. The van der Waals surface area contributed by atoms with E-state index in [-0.39, 0.29) is 5.78 Å². The largest absolute Gasteiger partial charge is 0.289 e. The lowest BCUT2D eigenvalue weighted by Crippen LogP contribution is -1.96. The Hall–Kier alpha value is -2.07. The third-order valence-corrected chi connectivity index (χ3v) is 4.45. The Bertz CT molecular complexity index is 977. The highest BCUT2D eigenvalue weighted by molar-refractivity contribution is 6.32. The van der Waals surface area contributed by atoms with E-state index in [0.717, 1.165) is 5.69 Å². The minimum atomic E-state index is -0.159. The van der Waals surface area contributed by atoms with E-state index in [4.69, 9.17) is 34.8 Å². The molecule has 1 heterocycles. The Balaban J connectivity index is 1.92. The molecule has 0 bridgehead atoms. The SMILES string of the molecule is Cc1nn(-c2cccc(Cl)c2)c(Cl)c1/C=C/C(=O)c1cccc(Cl)c1. The van der Waals surface area contributed by atoms with Gasteiger partial charge in [0, 0.05) is 21.2 Å². The first kappa shape index (κ1) is 17.7. The molecule has 3 nitrogen and oxygen atoms in total. The normalized spacial score (nSPS) is 11.2. The fourth-order valence-electron chi connectivity index (χ4n) is 2.38. The topological polar surface area (TPSA) is 34.9 Å². The maximum absolute atomic E-state index is 12.3. The maximum atomic E-state index is 12.3. The minimum Gasteiger partial charge on any atom is -0.289 e. The first-order valence-corrected chi connectivity index (χ1v) is 8.58. The molecule has 2 aromatic carbocycles. The number of rotatable bonds is 4. The van der Waals surface area contributed by atoms with Crippen molar-refractivity contribution in [2.75, 3.05) is 0 Å². The molecule has 0 saturated heterocycles. The molecule has 0 amide bonds. The third-order valence-electron chi connectivity index (χ3n) is 3.61. The van der Waals surface area contributed by atoms with Crippen LogP contribution in [0.15, 0.2) is 54.6 Å². The van der Waals surface area contributed by atoms with Gasteiger partial charge in [-0.05, 0) is 49.4 Å². The van der Waals surface area contributed by atoms with Crippen LogP contribution < -0.4 is 0 Å². The van der Waals surface area contributed by atoms with E-state index in [1.807, 2.05) is 19.1 Å². The molecule has 0 aliphatic heterocycles. The van der Waals surface area contributed by atoms with Crippen molar-refractivity contribution in [3.05, 3.63) is 86.6 Å². The van der Waals surface area contributed by atoms with Crippen LogP contribution >= 0.6 is 34.8 Å². The third kappa shape index (κ3) is 3.96. The minimum absolute atomic E-state index is 0.159. The molecule has 0 fully saturated rings. The lowest BCUT2D eigenvalue weighted by Gasteiger charge is -2.03. The highest BCUT2D eigenvalue weighted by Gasteiger charge is 2.13. The predicted molar refractivity (Wildman–Crippen MR) is 103 cm³/mol. The van der Waals surface area contributed by atoms with Crippen molar-refractivity contribution < 1.29 is 4.79 Å². The summed E-state index contributed by atoms with van der Waals surface area (Å²) >= 11 is 18.4. The quantitative estimate of drug-likeness (QED) is 0.401. The van der Waals surface area contributed by atoms with Gasteiger partial charge in [-0.2, -0.15) is 5.10 Å². The maximum Gasteiger partial charge on any atom is 0.185 e. The number of aryl methyl sites for hydroxylation is 1. The number of ketones is 1. The van der Waals surface area contributed by atoms with E-state index in [9.17, 15) is 4.79 Å². The average Bonchev–Trinajstić information content (AvgIpc) is 2.87. The molecule has 25 heavy (non-hydrogen) atoms. The molecule has 1 aromatic heterocycles. The number of hydrogen-bond acceptors (Lipinski definition) is 2. The Morgan fingerprint density at radius 2 is 1.72 bits per heavy atom. The van der Waals surface area contributed by atoms with Gasteiger partial charge in [-0.3, -0.25) is 4.79 Å². The molecule has 0 N–H and O–H groups in total. The fourth-order valence-corrected chi connectivity index (χ4v) is 3.09. The van der Waals surface area contributed by atoms with Gasteiger partial charge < -0.3 is 0 Å². The number of hydrogen-bond donors (Lipinski definition) is 0. The Morgan fingerprint density at radius 3 is 2.40 bits per heavy atom. The van der Waals surface area contributed by atoms with Crippen LogP contribution in [0.2, 0.25) is 15.2 Å². The molecule has 0 aliphatic carbocycles. The summed E-state index contributed by atoms with van der Waals surface area (Å²) in [7, 11) is 0. The highest BCUT2D eigenvalue weighted by atomic mass is 35.5. The van der Waals surface area contributed by atoms with Crippen LogP contribution in [-0.2, 0) is 0 Å². The van der Waals surface area contributed by atoms with Gasteiger partial charge in [-0.15, -0.1) is 0 Å². The van der Waals surface area contributed by atoms with E-state index < -0.39 is 0 Å². The zero-order valence-corrected chi connectivity index (χ0v) is 15.5. The molecule has 0 atom stereocenters. The summed E-state index contributed by atoms with van der Waals surface area (Å²) in [6.45, 7) is 1.83. The molecular formula is C19H13Cl3N2O. The van der Waals surface area contributed by atoms with Gasteiger partial charge in [-0.1, -0.05) is 53.0 Å². The summed E-state index contributed by atoms with van der Waals surface area (Å²) < 4.78 is 1.59. The van der Waals surface area contributed by atoms with Gasteiger partial charge in [0.15, 0.2) is 5.78 Å². The summed E-state index contributed by atoms with van der Waals surface area (Å²) in [6, 6.07) is 14.0.